The zero-order valence-electron chi connectivity index (χ0n) is 7.27. The van der Waals surface area contributed by atoms with Gasteiger partial charge in [-0.15, -0.1) is 0 Å². The molecule has 0 amide bonds. The van der Waals surface area contributed by atoms with Crippen LogP contribution in [0.2, 0.25) is 0 Å². The third-order valence-electron chi connectivity index (χ3n) is 1.89. The van der Waals surface area contributed by atoms with Crippen LogP contribution in [0.25, 0.3) is 12.2 Å². The molecular formula is C12H11N. The molecule has 1 aromatic carbocycles. The summed E-state index contributed by atoms with van der Waals surface area (Å²) in [7, 11) is 0. The number of hydrogen-bond donors (Lipinski definition) is 1. The van der Waals surface area contributed by atoms with Gasteiger partial charge in [-0.05, 0) is 17.2 Å². The number of rotatable bonds is 2. The molecule has 0 aliphatic rings. The molecule has 0 aliphatic heterocycles. The lowest BCUT2D eigenvalue weighted by atomic mass is 10.2. The lowest BCUT2D eigenvalue weighted by Gasteiger charge is -1.89. The second-order valence-electron chi connectivity index (χ2n) is 2.89. The number of aromatic amines is 1. The van der Waals surface area contributed by atoms with Gasteiger partial charge in [0.15, 0.2) is 0 Å². The molecule has 0 spiro atoms. The van der Waals surface area contributed by atoms with Gasteiger partial charge in [0, 0.05) is 12.4 Å². The van der Waals surface area contributed by atoms with Crippen LogP contribution in [0, 0.1) is 0 Å². The Bertz CT molecular complexity index is 371. The van der Waals surface area contributed by atoms with Gasteiger partial charge < -0.3 is 4.98 Å². The topological polar surface area (TPSA) is 15.8 Å². The van der Waals surface area contributed by atoms with Crippen molar-refractivity contribution in [1.82, 2.24) is 4.98 Å². The van der Waals surface area contributed by atoms with Crippen molar-refractivity contribution in [3.8, 4) is 0 Å². The average molecular weight is 169 g/mol. The van der Waals surface area contributed by atoms with Crippen LogP contribution in [0.4, 0.5) is 0 Å². The highest BCUT2D eigenvalue weighted by molar-refractivity contribution is 5.69. The normalized spacial score (nSPS) is 10.8. The van der Waals surface area contributed by atoms with E-state index in [9.17, 15) is 0 Å². The van der Waals surface area contributed by atoms with E-state index < -0.39 is 0 Å². The monoisotopic (exact) mass is 169 g/mol. The van der Waals surface area contributed by atoms with Gasteiger partial charge in [0.05, 0.1) is 0 Å². The Morgan fingerprint density at radius 1 is 0.846 bits per heavy atom. The molecule has 0 atom stereocenters. The fourth-order valence-corrected chi connectivity index (χ4v) is 1.20. The largest absolute Gasteiger partial charge is 0.367 e. The Hall–Kier alpha value is -1.76. The molecule has 1 N–H and O–H groups in total. The summed E-state index contributed by atoms with van der Waals surface area (Å²) >= 11 is 0. The Morgan fingerprint density at radius 2 is 1.62 bits per heavy atom. The van der Waals surface area contributed by atoms with Gasteiger partial charge in [0.25, 0.3) is 0 Å². The van der Waals surface area contributed by atoms with Gasteiger partial charge in [0.1, 0.15) is 0 Å². The maximum atomic E-state index is 3.01. The highest BCUT2D eigenvalue weighted by atomic mass is 14.6. The molecule has 1 nitrogen and oxygen atoms in total. The van der Waals surface area contributed by atoms with Crippen molar-refractivity contribution in [2.45, 2.75) is 0 Å². The Kier molecular flexibility index (Phi) is 2.28. The predicted molar refractivity (Wildman–Crippen MR) is 56.2 cm³/mol. The minimum Gasteiger partial charge on any atom is -0.367 e. The lowest BCUT2D eigenvalue weighted by Crippen LogP contribution is -1.67. The molecule has 1 heteroatoms. The summed E-state index contributed by atoms with van der Waals surface area (Å²) in [4.78, 5) is 3.01. The minimum absolute atomic E-state index is 1.20. The van der Waals surface area contributed by atoms with Crippen LogP contribution >= 0.6 is 0 Å². The number of hydrogen-bond acceptors (Lipinski definition) is 0. The summed E-state index contributed by atoms with van der Waals surface area (Å²) in [5.41, 5.74) is 2.42. The molecule has 0 fully saturated rings. The lowest BCUT2D eigenvalue weighted by molar-refractivity contribution is 1.41. The van der Waals surface area contributed by atoms with Gasteiger partial charge in [-0.25, -0.2) is 0 Å². The summed E-state index contributed by atoms with van der Waals surface area (Å²) in [6.07, 6.45) is 8.08. The molecule has 0 saturated heterocycles. The van der Waals surface area contributed by atoms with Gasteiger partial charge >= 0.3 is 0 Å². The van der Waals surface area contributed by atoms with Gasteiger partial charge in [0.2, 0.25) is 0 Å². The van der Waals surface area contributed by atoms with E-state index in [1.54, 1.807) is 0 Å². The highest BCUT2D eigenvalue weighted by Crippen LogP contribution is 2.06. The first-order valence-electron chi connectivity index (χ1n) is 4.31. The number of H-pyrrole nitrogens is 1. The standard InChI is InChI=1S/C12H11N/c1-2-4-11(5-3-1)6-7-12-8-9-13-10-12/h1-10,13H/b7-6+. The molecule has 1 heterocycles. The third-order valence-corrected chi connectivity index (χ3v) is 1.89. The van der Waals surface area contributed by atoms with Gasteiger partial charge in [-0.1, -0.05) is 42.5 Å². The molecule has 64 valence electrons. The SMILES string of the molecule is C(=C\c1cc[nH]c1)/c1ccccc1. The summed E-state index contributed by atoms with van der Waals surface area (Å²) in [6, 6.07) is 12.3. The molecule has 0 radical (unpaired) electrons. The van der Waals surface area contributed by atoms with Crippen molar-refractivity contribution in [2.24, 2.45) is 0 Å². The van der Waals surface area contributed by atoms with Crippen LogP contribution < -0.4 is 0 Å². The maximum absolute atomic E-state index is 3.01. The number of aromatic nitrogens is 1. The van der Waals surface area contributed by atoms with E-state index in [1.807, 2.05) is 36.7 Å². The van der Waals surface area contributed by atoms with Crippen LogP contribution in [0.15, 0.2) is 48.8 Å². The van der Waals surface area contributed by atoms with Crippen molar-refractivity contribution >= 4 is 12.2 Å². The molecular weight excluding hydrogens is 158 g/mol. The van der Waals surface area contributed by atoms with Crippen molar-refractivity contribution in [2.75, 3.05) is 0 Å². The molecule has 1 aromatic heterocycles. The first-order valence-corrected chi connectivity index (χ1v) is 4.31. The van der Waals surface area contributed by atoms with Crippen molar-refractivity contribution in [3.05, 3.63) is 59.9 Å². The molecule has 0 aliphatic carbocycles. The van der Waals surface area contributed by atoms with Crippen molar-refractivity contribution in [1.29, 1.82) is 0 Å². The molecule has 0 bridgehead atoms. The van der Waals surface area contributed by atoms with E-state index in [0.29, 0.717) is 0 Å². The summed E-state index contributed by atoms with van der Waals surface area (Å²) in [5, 5.41) is 0. The predicted octanol–water partition coefficient (Wildman–Crippen LogP) is 3.19. The zero-order chi connectivity index (χ0) is 8.93. The maximum Gasteiger partial charge on any atom is 0.00781 e. The second-order valence-corrected chi connectivity index (χ2v) is 2.89. The number of nitrogens with one attached hydrogen (secondary N) is 1. The van der Waals surface area contributed by atoms with E-state index in [-0.39, 0.29) is 0 Å². The third kappa shape index (κ3) is 2.09. The van der Waals surface area contributed by atoms with Gasteiger partial charge in [-0.3, -0.25) is 0 Å². The van der Waals surface area contributed by atoms with Crippen LogP contribution in [0.1, 0.15) is 11.1 Å². The molecule has 13 heavy (non-hydrogen) atoms. The summed E-state index contributed by atoms with van der Waals surface area (Å²) in [6.45, 7) is 0. The number of benzene rings is 1. The second kappa shape index (κ2) is 3.76. The van der Waals surface area contributed by atoms with E-state index in [1.165, 1.54) is 11.1 Å². The quantitative estimate of drug-likeness (QED) is 0.710. The van der Waals surface area contributed by atoms with Crippen LogP contribution in [-0.2, 0) is 0 Å². The Morgan fingerprint density at radius 3 is 2.31 bits per heavy atom. The van der Waals surface area contributed by atoms with E-state index in [2.05, 4.69) is 29.3 Å². The summed E-state index contributed by atoms with van der Waals surface area (Å²) < 4.78 is 0. The summed E-state index contributed by atoms with van der Waals surface area (Å²) in [5.74, 6) is 0. The van der Waals surface area contributed by atoms with Crippen LogP contribution in [0.3, 0.4) is 0 Å². The van der Waals surface area contributed by atoms with Crippen LogP contribution in [0.5, 0.6) is 0 Å². The van der Waals surface area contributed by atoms with Crippen molar-refractivity contribution in [3.63, 3.8) is 0 Å². The first-order chi connectivity index (χ1) is 6.45. The van der Waals surface area contributed by atoms with Crippen LogP contribution in [-0.4, -0.2) is 4.98 Å². The minimum atomic E-state index is 1.20. The molecule has 2 aromatic rings. The van der Waals surface area contributed by atoms with Crippen molar-refractivity contribution < 1.29 is 0 Å². The molecule has 0 saturated carbocycles. The van der Waals surface area contributed by atoms with E-state index in [4.69, 9.17) is 0 Å². The van der Waals surface area contributed by atoms with E-state index in [0.717, 1.165) is 0 Å². The zero-order valence-corrected chi connectivity index (χ0v) is 7.27. The first kappa shape index (κ1) is 7.87. The fourth-order valence-electron chi connectivity index (χ4n) is 1.20. The van der Waals surface area contributed by atoms with Gasteiger partial charge in [-0.2, -0.15) is 0 Å². The Balaban J connectivity index is 2.15. The molecule has 2 rings (SSSR count). The fraction of sp³-hybridized carbons (Fsp3) is 0. The smallest absolute Gasteiger partial charge is 0.00781 e. The Labute approximate surface area is 77.7 Å². The van der Waals surface area contributed by atoms with E-state index >= 15 is 0 Å². The average Bonchev–Trinajstić information content (AvgIpc) is 2.69. The highest BCUT2D eigenvalue weighted by Gasteiger charge is 1.85. The molecule has 0 unspecified atom stereocenters.